The average Bonchev–Trinajstić information content (AvgIpc) is 1.69. The van der Waals surface area contributed by atoms with Crippen molar-refractivity contribution in [3.8, 4) is 34.9 Å². The monoisotopic (exact) mass is 1720 g/mol. The molecule has 31 nitrogen and oxygen atoms in total. The van der Waals surface area contributed by atoms with Gasteiger partial charge in [-0.15, -0.1) is 16.6 Å². The first-order valence-electron chi connectivity index (χ1n) is 34.3. The molecule has 35 heteroatoms. The van der Waals surface area contributed by atoms with Crippen molar-refractivity contribution in [2.45, 2.75) is 77.3 Å². The number of aromatic nitrogens is 6. The van der Waals surface area contributed by atoms with Gasteiger partial charge in [0.15, 0.2) is 0 Å². The van der Waals surface area contributed by atoms with Gasteiger partial charge >= 0.3 is 51.4 Å². The zero-order valence-corrected chi connectivity index (χ0v) is 68.0. The van der Waals surface area contributed by atoms with Gasteiger partial charge in [0.2, 0.25) is 0 Å². The van der Waals surface area contributed by atoms with Crippen molar-refractivity contribution in [2.24, 2.45) is 15.8 Å². The van der Waals surface area contributed by atoms with Gasteiger partial charge in [0.1, 0.15) is 11.4 Å². The second-order valence-corrected chi connectivity index (χ2v) is 26.2. The first kappa shape index (κ1) is 89.4. The third-order valence-corrected chi connectivity index (χ3v) is 18.0. The van der Waals surface area contributed by atoms with Crippen molar-refractivity contribution in [1.82, 2.24) is 44.7 Å². The number of alkyl halides is 3. The van der Waals surface area contributed by atoms with Crippen molar-refractivity contribution < 1.29 is 105 Å². The molecule has 0 fully saturated rings. The number of nitro groups is 3. The number of benzene rings is 7. The van der Waals surface area contributed by atoms with E-state index >= 15 is 0 Å². The van der Waals surface area contributed by atoms with Gasteiger partial charge in [0, 0.05) is 119 Å². The van der Waals surface area contributed by atoms with Gasteiger partial charge < -0.3 is 10.8 Å². The summed E-state index contributed by atoms with van der Waals surface area (Å²) in [4.78, 5) is 124. The zero-order chi connectivity index (χ0) is 79.5. The number of fused-ring (bicyclic) bond motifs is 4. The number of nitrogens with zero attached hydrogens (tertiary/aromatic N) is 16. The van der Waals surface area contributed by atoms with Crippen LogP contribution in [0.4, 0.5) is 17.1 Å². The standard InChI is InChI=1S/C20H17N5O4.C12H12BrNO2.C12H15N5O2.C12H12N4O2.2C8H5NO2.C4H8Br2.K/c26-19-16-8-1-2-9-17(16)20(27)24(19)11-4-3-10-23-13-18(21-22-23)14-6-5-7-15(12-14)25(28)29;13-7-3-4-8-14-11(15)9-5-1-2-6-10(9)12(14)16;13-6-1-2-7-16-9-12(14-15-16)10-4-3-5-11(8-10)17(18)19;13-15-14-7-3-4-8-16-11(17)9-5-1-2-6-10(9)12(16)18;10-7-5-3-1-2-4-6(5)8(11)9-7;1-2-7-4-3-5-8(6-7)9(10)11;5-3-1-2-4-6;/h1-2,5-9,12-13H,3-4,10-11H2;1-2,5-6H,3-4,7-8H2;3-5,8-9H,1-2,6-7,13H2;1-2,5-6H,3-4,7-8H2;1-4H,(H,9,10,11);1,3-6H;1-4H2;/q;;;;;;;+1/p-1. The van der Waals surface area contributed by atoms with E-state index in [-0.39, 0.29) is 104 Å². The minimum absolute atomic E-state index is 0. The summed E-state index contributed by atoms with van der Waals surface area (Å²) in [5.41, 5.74) is 20.4. The fraction of sp³-hybridized carbons (Fsp3) is 0.263. The maximum absolute atomic E-state index is 12.3. The Morgan fingerprint density at radius 3 is 1.14 bits per heavy atom. The number of hydrogen-bond donors (Lipinski definition) is 1. The van der Waals surface area contributed by atoms with Crippen molar-refractivity contribution in [2.75, 3.05) is 48.7 Å². The number of azide groups is 1. The summed E-state index contributed by atoms with van der Waals surface area (Å²) in [6, 6.07) is 45.8. The van der Waals surface area contributed by atoms with E-state index < -0.39 is 26.6 Å². The van der Waals surface area contributed by atoms with Crippen LogP contribution in [-0.2, 0) is 13.1 Å². The van der Waals surface area contributed by atoms with Crippen molar-refractivity contribution >= 4 is 112 Å². The molecule has 568 valence electrons. The molecule has 0 saturated carbocycles. The van der Waals surface area contributed by atoms with Crippen LogP contribution in [0, 0.1) is 42.7 Å². The summed E-state index contributed by atoms with van der Waals surface area (Å²) in [5.74, 6) is 0.178. The van der Waals surface area contributed by atoms with E-state index in [4.69, 9.17) is 17.7 Å². The number of terminal acetylenes is 1. The van der Waals surface area contributed by atoms with Crippen LogP contribution in [0.1, 0.15) is 148 Å². The first-order valence-corrected chi connectivity index (χ1v) is 37.7. The molecule has 0 aliphatic carbocycles. The van der Waals surface area contributed by atoms with Gasteiger partial charge in [-0.1, -0.05) is 154 Å². The SMILES string of the molecule is BrCCCCBr.C#Cc1cccc([N+](=O)[O-])c1.NCCCCn1cc(-c2cccc([N+](=O)[O-])c2)nn1.O=C1N=C([O-])c2ccccc21.O=C1c2ccccc2C(=O)N1CCCCBr.O=C1c2ccccc2C(=O)N1CCCCn1cc(-c2cccc([N+](=O)[O-])c2)nn1.[K+].[N-]=[N+]=NCCCCN1C(=O)c2ccccc2C1=O. The molecular weight excluding hydrogens is 1650 g/mol. The predicted octanol–water partition coefficient (Wildman–Crippen LogP) is 10.4. The Morgan fingerprint density at radius 2 is 0.784 bits per heavy atom. The van der Waals surface area contributed by atoms with E-state index in [2.05, 4.69) is 89.4 Å². The fourth-order valence-electron chi connectivity index (χ4n) is 10.8. The second kappa shape index (κ2) is 46.9. The topological polar surface area (TPSA) is 430 Å². The second-order valence-electron chi connectivity index (χ2n) is 23.8. The number of carbonyl (C=O) groups is 7. The smallest absolute Gasteiger partial charge is 0.858 e. The maximum atomic E-state index is 12.3. The van der Waals surface area contributed by atoms with E-state index in [9.17, 15) is 69.0 Å². The Morgan fingerprint density at radius 1 is 0.450 bits per heavy atom. The third-order valence-electron chi connectivity index (χ3n) is 16.3. The summed E-state index contributed by atoms with van der Waals surface area (Å²) in [7, 11) is 0. The first-order chi connectivity index (χ1) is 53.2. The molecule has 4 aliphatic rings. The minimum Gasteiger partial charge on any atom is -0.858 e. The molecule has 13 rings (SSSR count). The normalized spacial score (nSPS) is 12.3. The molecule has 7 amide bonds. The molecule has 2 N–H and O–H groups in total. The molecule has 6 heterocycles. The average molecular weight is 1730 g/mol. The number of hydrogen-bond acceptors (Lipinski definition) is 20. The largest absolute Gasteiger partial charge is 1.00 e. The number of unbranched alkanes of at least 4 members (excludes halogenated alkanes) is 5. The van der Waals surface area contributed by atoms with E-state index in [1.165, 1.54) is 63.9 Å². The maximum Gasteiger partial charge on any atom is 1.00 e. The summed E-state index contributed by atoms with van der Waals surface area (Å²) >= 11 is 9.99. The van der Waals surface area contributed by atoms with Crippen LogP contribution in [-0.4, -0.2) is 155 Å². The van der Waals surface area contributed by atoms with Gasteiger partial charge in [0.25, 0.3) is 58.4 Å². The molecule has 0 bridgehead atoms. The van der Waals surface area contributed by atoms with Gasteiger partial charge in [-0.3, -0.25) is 88.0 Å². The number of amides is 7. The van der Waals surface area contributed by atoms with Crippen molar-refractivity contribution in [1.29, 1.82) is 0 Å². The third kappa shape index (κ3) is 26.1. The van der Waals surface area contributed by atoms with Gasteiger partial charge in [-0.2, -0.15) is 0 Å². The molecule has 0 spiro atoms. The van der Waals surface area contributed by atoms with E-state index in [1.807, 2.05) is 0 Å². The molecule has 0 unspecified atom stereocenters. The summed E-state index contributed by atoms with van der Waals surface area (Å²) in [6.07, 6.45) is 17.5. The Hall–Kier alpha value is -10.5. The van der Waals surface area contributed by atoms with Crippen LogP contribution in [0.5, 0.6) is 0 Å². The van der Waals surface area contributed by atoms with Gasteiger partial charge in [0.05, 0.1) is 60.5 Å². The van der Waals surface area contributed by atoms with Gasteiger partial charge in [-0.05, 0) is 136 Å². The number of nitrogens with two attached hydrogens (primary N) is 1. The van der Waals surface area contributed by atoms with E-state index in [0.29, 0.717) is 138 Å². The number of halogens is 3. The number of aliphatic imine (C=N–C) groups is 1. The number of rotatable bonds is 26. The molecule has 0 saturated heterocycles. The molecule has 4 aliphatic heterocycles. The van der Waals surface area contributed by atoms with Crippen LogP contribution in [0.15, 0.2) is 192 Å². The summed E-state index contributed by atoms with van der Waals surface area (Å²) in [6.45, 7) is 3.58. The number of nitro benzene ring substituents is 3. The fourth-order valence-corrected chi connectivity index (χ4v) is 11.9. The Labute approximate surface area is 704 Å². The summed E-state index contributed by atoms with van der Waals surface area (Å²) in [5, 5.41) is 65.4. The molecule has 0 atom stereocenters. The number of imide groups is 3. The summed E-state index contributed by atoms with van der Waals surface area (Å²) < 4.78 is 3.38. The van der Waals surface area contributed by atoms with Crippen molar-refractivity contribution in [3.05, 3.63) is 273 Å². The van der Waals surface area contributed by atoms with Crippen LogP contribution in [0.25, 0.3) is 33.0 Å². The number of non-ortho nitro benzene ring substituents is 3. The van der Waals surface area contributed by atoms with E-state index in [1.54, 1.807) is 155 Å². The number of aryl methyl sites for hydroxylation is 2. The van der Waals surface area contributed by atoms with Crippen LogP contribution >= 0.6 is 47.8 Å². The quantitative estimate of drug-likeness (QED) is 0.00503. The number of carbonyl (C=O) groups excluding carboxylic acids is 7. The molecule has 7 aromatic carbocycles. The Balaban J connectivity index is 0.000000210. The Kier molecular flexibility index (Phi) is 37.7. The van der Waals surface area contributed by atoms with Gasteiger partial charge in [-0.25, -0.2) is 4.99 Å². The van der Waals surface area contributed by atoms with Crippen LogP contribution in [0.2, 0.25) is 0 Å². The zero-order valence-electron chi connectivity index (χ0n) is 60.1. The Bertz CT molecular complexity index is 4800. The molecule has 2 aromatic heterocycles. The van der Waals surface area contributed by atoms with E-state index in [0.717, 1.165) is 48.2 Å². The molecular formula is C76H73Br3KN17O14. The van der Waals surface area contributed by atoms with Crippen molar-refractivity contribution in [3.63, 3.8) is 0 Å². The predicted molar refractivity (Wildman–Crippen MR) is 419 cm³/mol. The van der Waals surface area contributed by atoms with Crippen LogP contribution in [0.3, 0.4) is 0 Å². The molecule has 0 radical (unpaired) electrons. The minimum atomic E-state index is -0.471. The molecule has 111 heavy (non-hydrogen) atoms. The molecule has 9 aromatic rings. The van der Waals surface area contributed by atoms with Crippen LogP contribution < -0.4 is 62.2 Å².